The maximum atomic E-state index is 13.4. The first kappa shape index (κ1) is 22.9. The third-order valence-electron chi connectivity index (χ3n) is 5.94. The van der Waals surface area contributed by atoms with E-state index in [1.165, 1.54) is 12.1 Å². The summed E-state index contributed by atoms with van der Waals surface area (Å²) in [6.07, 6.45) is 0. The van der Waals surface area contributed by atoms with Gasteiger partial charge in [0.1, 0.15) is 5.82 Å². The van der Waals surface area contributed by atoms with Crippen molar-refractivity contribution in [1.82, 2.24) is 9.88 Å². The van der Waals surface area contributed by atoms with Crippen LogP contribution in [0.1, 0.15) is 22.3 Å². The Kier molecular flexibility index (Phi) is 6.13. The highest BCUT2D eigenvalue weighted by Gasteiger charge is 2.18. The lowest BCUT2D eigenvalue weighted by atomic mass is 10.0. The van der Waals surface area contributed by atoms with Crippen LogP contribution in [0.3, 0.4) is 0 Å². The molecule has 35 heavy (non-hydrogen) atoms. The number of aromatic amines is 1. The SMILES string of the molecule is Cc1cc(C)c2cc(CN(Cc3ccc4c(c3)OCO4)C(=S)Nc3ccc(F)cc3)c(=O)[nH]c2c1. The smallest absolute Gasteiger partial charge is 0.253 e. The lowest BCUT2D eigenvalue weighted by Crippen LogP contribution is -2.35. The molecule has 0 amide bonds. The molecule has 0 fully saturated rings. The minimum atomic E-state index is -0.327. The molecule has 0 bridgehead atoms. The van der Waals surface area contributed by atoms with Gasteiger partial charge in [-0.05, 0) is 91.3 Å². The lowest BCUT2D eigenvalue weighted by molar-refractivity contribution is 0.174. The van der Waals surface area contributed by atoms with E-state index >= 15 is 0 Å². The molecule has 0 atom stereocenters. The van der Waals surface area contributed by atoms with Crippen LogP contribution in [0.2, 0.25) is 0 Å². The Morgan fingerprint density at radius 2 is 1.80 bits per heavy atom. The van der Waals surface area contributed by atoms with Gasteiger partial charge in [-0.25, -0.2) is 4.39 Å². The monoisotopic (exact) mass is 489 g/mol. The summed E-state index contributed by atoms with van der Waals surface area (Å²) in [6, 6.07) is 17.7. The third-order valence-corrected chi connectivity index (χ3v) is 6.30. The minimum Gasteiger partial charge on any atom is -0.454 e. The van der Waals surface area contributed by atoms with Gasteiger partial charge in [-0.15, -0.1) is 0 Å². The second-order valence-electron chi connectivity index (χ2n) is 8.65. The van der Waals surface area contributed by atoms with Crippen LogP contribution in [-0.4, -0.2) is 21.8 Å². The normalized spacial score (nSPS) is 12.1. The van der Waals surface area contributed by atoms with Crippen LogP contribution in [0.15, 0.2) is 65.5 Å². The molecular weight excluding hydrogens is 465 g/mol. The summed E-state index contributed by atoms with van der Waals surface area (Å²) < 4.78 is 24.3. The molecule has 3 aromatic carbocycles. The molecule has 8 heteroatoms. The van der Waals surface area contributed by atoms with Gasteiger partial charge in [0.25, 0.3) is 5.56 Å². The molecule has 0 unspecified atom stereocenters. The number of nitrogens with one attached hydrogen (secondary N) is 2. The molecule has 0 aliphatic carbocycles. The molecule has 1 aromatic heterocycles. The van der Waals surface area contributed by atoms with Crippen molar-refractivity contribution in [2.45, 2.75) is 26.9 Å². The number of pyridine rings is 1. The van der Waals surface area contributed by atoms with Gasteiger partial charge < -0.3 is 24.7 Å². The summed E-state index contributed by atoms with van der Waals surface area (Å²) in [4.78, 5) is 17.9. The summed E-state index contributed by atoms with van der Waals surface area (Å²) in [5, 5.41) is 4.56. The summed E-state index contributed by atoms with van der Waals surface area (Å²) >= 11 is 5.72. The largest absolute Gasteiger partial charge is 0.454 e. The van der Waals surface area contributed by atoms with E-state index in [1.54, 1.807) is 12.1 Å². The number of aromatic nitrogens is 1. The van der Waals surface area contributed by atoms with Crippen LogP contribution in [0.4, 0.5) is 10.1 Å². The minimum absolute atomic E-state index is 0.164. The molecule has 178 valence electrons. The standard InChI is InChI=1S/C27H24FN3O3S/c1-16-9-17(2)22-12-19(26(32)30-23(22)10-16)14-31(27(35)29-21-6-4-20(28)5-7-21)13-18-3-8-24-25(11-18)34-15-33-24/h3-12H,13-15H2,1-2H3,(H,29,35)(H,30,32). The number of rotatable bonds is 5. The van der Waals surface area contributed by atoms with Crippen molar-refractivity contribution in [3.05, 3.63) is 99.1 Å². The highest BCUT2D eigenvalue weighted by atomic mass is 32.1. The number of ether oxygens (including phenoxy) is 2. The number of hydrogen-bond donors (Lipinski definition) is 2. The van der Waals surface area contributed by atoms with Crippen molar-refractivity contribution in [2.75, 3.05) is 12.1 Å². The highest BCUT2D eigenvalue weighted by molar-refractivity contribution is 7.80. The lowest BCUT2D eigenvalue weighted by Gasteiger charge is -2.26. The molecule has 0 saturated carbocycles. The maximum absolute atomic E-state index is 13.4. The zero-order chi connectivity index (χ0) is 24.5. The van der Waals surface area contributed by atoms with Gasteiger partial charge in [0.15, 0.2) is 16.6 Å². The summed E-state index contributed by atoms with van der Waals surface area (Å²) in [5.41, 5.74) is 5.02. The van der Waals surface area contributed by atoms with Crippen LogP contribution in [-0.2, 0) is 13.1 Å². The van der Waals surface area contributed by atoms with E-state index in [2.05, 4.69) is 16.4 Å². The Morgan fingerprint density at radius 3 is 2.60 bits per heavy atom. The van der Waals surface area contributed by atoms with Gasteiger partial charge in [0.05, 0.1) is 6.54 Å². The zero-order valence-corrected chi connectivity index (χ0v) is 20.2. The van der Waals surface area contributed by atoms with Gasteiger partial charge >= 0.3 is 0 Å². The first-order valence-corrected chi connectivity index (χ1v) is 11.6. The van der Waals surface area contributed by atoms with Crippen LogP contribution >= 0.6 is 12.2 Å². The van der Waals surface area contributed by atoms with Gasteiger partial charge in [0.2, 0.25) is 6.79 Å². The summed E-state index contributed by atoms with van der Waals surface area (Å²) in [7, 11) is 0. The van der Waals surface area contributed by atoms with Crippen molar-refractivity contribution < 1.29 is 13.9 Å². The maximum Gasteiger partial charge on any atom is 0.253 e. The Balaban J connectivity index is 1.47. The van der Waals surface area contributed by atoms with E-state index in [9.17, 15) is 9.18 Å². The average molecular weight is 490 g/mol. The Labute approximate surface area is 207 Å². The first-order chi connectivity index (χ1) is 16.9. The molecular formula is C27H24FN3O3S. The molecule has 4 aromatic rings. The topological polar surface area (TPSA) is 66.6 Å². The van der Waals surface area contributed by atoms with Gasteiger partial charge in [-0.3, -0.25) is 4.79 Å². The highest BCUT2D eigenvalue weighted by Crippen LogP contribution is 2.33. The van der Waals surface area contributed by atoms with Gasteiger partial charge in [-0.2, -0.15) is 0 Å². The average Bonchev–Trinajstić information content (AvgIpc) is 3.29. The number of halogens is 1. The Bertz CT molecular complexity index is 1480. The van der Waals surface area contributed by atoms with Crippen LogP contribution in [0.25, 0.3) is 10.9 Å². The first-order valence-electron chi connectivity index (χ1n) is 11.2. The zero-order valence-electron chi connectivity index (χ0n) is 19.4. The number of aryl methyl sites for hydroxylation is 2. The Hall–Kier alpha value is -3.91. The molecule has 2 heterocycles. The summed E-state index contributed by atoms with van der Waals surface area (Å²) in [6.45, 7) is 4.93. The molecule has 2 N–H and O–H groups in total. The van der Waals surface area contributed by atoms with E-state index in [0.717, 1.165) is 27.6 Å². The second-order valence-corrected chi connectivity index (χ2v) is 9.03. The van der Waals surface area contributed by atoms with E-state index < -0.39 is 0 Å². The molecule has 0 radical (unpaired) electrons. The van der Waals surface area contributed by atoms with Crippen LogP contribution < -0.4 is 20.3 Å². The van der Waals surface area contributed by atoms with E-state index in [1.807, 2.05) is 49.1 Å². The molecule has 5 rings (SSSR count). The molecule has 1 aliphatic rings. The quantitative estimate of drug-likeness (QED) is 0.366. The van der Waals surface area contributed by atoms with Crippen molar-refractivity contribution >= 4 is 33.9 Å². The number of nitrogens with zero attached hydrogens (tertiary/aromatic N) is 1. The fraction of sp³-hybridized carbons (Fsp3) is 0.185. The van der Waals surface area contributed by atoms with Crippen molar-refractivity contribution in [1.29, 1.82) is 0 Å². The second kappa shape index (κ2) is 9.38. The third kappa shape index (κ3) is 4.97. The van der Waals surface area contributed by atoms with Crippen molar-refractivity contribution in [3.8, 4) is 11.5 Å². The van der Waals surface area contributed by atoms with Crippen molar-refractivity contribution in [3.63, 3.8) is 0 Å². The fourth-order valence-electron chi connectivity index (χ4n) is 4.23. The number of thiocarbonyl (C=S) groups is 1. The number of anilines is 1. The summed E-state index contributed by atoms with van der Waals surface area (Å²) in [5.74, 6) is 1.05. The fourth-order valence-corrected chi connectivity index (χ4v) is 4.48. The van der Waals surface area contributed by atoms with Crippen molar-refractivity contribution in [2.24, 2.45) is 0 Å². The predicted octanol–water partition coefficient (Wildman–Crippen LogP) is 5.41. The van der Waals surface area contributed by atoms with E-state index in [0.29, 0.717) is 34.4 Å². The molecule has 6 nitrogen and oxygen atoms in total. The van der Waals surface area contributed by atoms with E-state index in [-0.39, 0.29) is 24.7 Å². The molecule has 0 spiro atoms. The number of fused-ring (bicyclic) bond motifs is 2. The number of benzene rings is 3. The van der Waals surface area contributed by atoms with E-state index in [4.69, 9.17) is 21.7 Å². The van der Waals surface area contributed by atoms with Crippen LogP contribution in [0, 0.1) is 19.7 Å². The Morgan fingerprint density at radius 1 is 1.03 bits per heavy atom. The number of hydrogen-bond acceptors (Lipinski definition) is 4. The van der Waals surface area contributed by atoms with Gasteiger partial charge in [0, 0.05) is 28.7 Å². The number of H-pyrrole nitrogens is 1. The van der Waals surface area contributed by atoms with Gasteiger partial charge in [-0.1, -0.05) is 12.1 Å². The molecule has 0 saturated heterocycles. The molecule has 1 aliphatic heterocycles. The van der Waals surface area contributed by atoms with Crippen LogP contribution in [0.5, 0.6) is 11.5 Å². The predicted molar refractivity (Wildman–Crippen MR) is 138 cm³/mol.